The van der Waals surface area contributed by atoms with Gasteiger partial charge in [0.15, 0.2) is 5.78 Å². The van der Waals surface area contributed by atoms with Crippen LogP contribution in [0, 0.1) is 5.92 Å². The number of pyridine rings is 1. The smallest absolute Gasteiger partial charge is 0.417 e. The summed E-state index contributed by atoms with van der Waals surface area (Å²) in [6.07, 6.45) is -0.520. The number of anilines is 1. The van der Waals surface area contributed by atoms with E-state index in [9.17, 15) is 22.8 Å². The highest BCUT2D eigenvalue weighted by Gasteiger charge is 2.32. The third-order valence-electron chi connectivity index (χ3n) is 4.05. The van der Waals surface area contributed by atoms with Gasteiger partial charge >= 0.3 is 6.18 Å². The van der Waals surface area contributed by atoms with Crippen molar-refractivity contribution in [1.29, 1.82) is 0 Å². The Morgan fingerprint density at radius 3 is 2.69 bits per heavy atom. The molecule has 1 aliphatic rings. The fourth-order valence-corrected chi connectivity index (χ4v) is 2.57. The zero-order valence-electron chi connectivity index (χ0n) is 15.0. The number of amides is 1. The Bertz CT molecular complexity index is 919. The number of hydrogen-bond donors (Lipinski definition) is 1. The summed E-state index contributed by atoms with van der Waals surface area (Å²) in [6.45, 7) is 0.0280. The third kappa shape index (κ3) is 5.86. The normalized spacial score (nSPS) is 13.8. The van der Waals surface area contributed by atoms with Gasteiger partial charge in [0.25, 0.3) is 0 Å². The van der Waals surface area contributed by atoms with E-state index in [1.54, 1.807) is 0 Å². The first-order chi connectivity index (χ1) is 13.7. The Morgan fingerprint density at radius 2 is 2.03 bits per heavy atom. The molecule has 0 radical (unpaired) electrons. The molecular weight excluding hydrogens is 413 g/mol. The maximum absolute atomic E-state index is 12.6. The van der Waals surface area contributed by atoms with E-state index in [1.165, 1.54) is 12.3 Å². The van der Waals surface area contributed by atoms with Crippen LogP contribution in [0.2, 0.25) is 5.02 Å². The van der Waals surface area contributed by atoms with Crippen molar-refractivity contribution in [1.82, 2.24) is 15.0 Å². The van der Waals surface area contributed by atoms with Crippen molar-refractivity contribution in [2.24, 2.45) is 5.92 Å². The number of aromatic nitrogens is 3. The molecule has 1 saturated carbocycles. The molecule has 2 aromatic heterocycles. The number of Topliss-reactive ketones (excluding diaryl/α,β-unsaturated/α-hetero) is 1. The van der Waals surface area contributed by atoms with Crippen LogP contribution in [-0.4, -0.2) is 33.2 Å². The van der Waals surface area contributed by atoms with Gasteiger partial charge in [-0.1, -0.05) is 11.6 Å². The number of carbonyl (C=O) groups excluding carboxylic acids is 2. The average molecular weight is 429 g/mol. The quantitative estimate of drug-likeness (QED) is 0.505. The first-order valence-electron chi connectivity index (χ1n) is 8.76. The van der Waals surface area contributed by atoms with Gasteiger partial charge in [0, 0.05) is 24.7 Å². The first kappa shape index (κ1) is 21.0. The molecular formula is C18H16ClF3N4O3. The number of halogens is 4. The molecule has 0 aliphatic heterocycles. The summed E-state index contributed by atoms with van der Waals surface area (Å²) in [5.74, 6) is -0.530. The van der Waals surface area contributed by atoms with Crippen molar-refractivity contribution in [2.75, 3.05) is 11.9 Å². The summed E-state index contributed by atoms with van der Waals surface area (Å²) in [4.78, 5) is 35.5. The molecule has 29 heavy (non-hydrogen) atoms. The molecule has 1 fully saturated rings. The number of hydrogen-bond acceptors (Lipinski definition) is 6. The molecule has 7 nitrogen and oxygen atoms in total. The van der Waals surface area contributed by atoms with E-state index in [-0.39, 0.29) is 59.6 Å². The van der Waals surface area contributed by atoms with Gasteiger partial charge in [0.1, 0.15) is 10.7 Å². The second-order valence-electron chi connectivity index (χ2n) is 6.41. The molecule has 11 heteroatoms. The van der Waals surface area contributed by atoms with Crippen LogP contribution in [0.15, 0.2) is 24.5 Å². The second kappa shape index (κ2) is 8.73. The molecule has 1 amide bonds. The lowest BCUT2D eigenvalue weighted by molar-refractivity contribution is -0.137. The Balaban J connectivity index is 1.48. The van der Waals surface area contributed by atoms with E-state index in [0.29, 0.717) is 6.20 Å². The van der Waals surface area contributed by atoms with Crippen LogP contribution in [0.4, 0.5) is 19.1 Å². The Hall–Kier alpha value is -2.75. The lowest BCUT2D eigenvalue weighted by atomic mass is 10.2. The summed E-state index contributed by atoms with van der Waals surface area (Å²) in [5, 5.41) is 2.30. The average Bonchev–Trinajstić information content (AvgIpc) is 3.51. The first-order valence-corrected chi connectivity index (χ1v) is 9.14. The SMILES string of the molecule is O=C(CCCOc1ncc(C(F)(F)F)cc1Cl)c1ccnc(NC(=O)C2CC2)n1. The van der Waals surface area contributed by atoms with Crippen LogP contribution in [0.1, 0.15) is 41.7 Å². The lowest BCUT2D eigenvalue weighted by Crippen LogP contribution is -2.16. The summed E-state index contributed by atoms with van der Waals surface area (Å²) < 4.78 is 43.0. The largest absolute Gasteiger partial charge is 0.477 e. The highest BCUT2D eigenvalue weighted by molar-refractivity contribution is 6.31. The molecule has 3 rings (SSSR count). The van der Waals surface area contributed by atoms with Gasteiger partial charge in [-0.15, -0.1) is 0 Å². The molecule has 0 saturated heterocycles. The molecule has 1 N–H and O–H groups in total. The van der Waals surface area contributed by atoms with Gasteiger partial charge in [-0.3, -0.25) is 14.9 Å². The number of nitrogens with one attached hydrogen (secondary N) is 1. The molecule has 154 valence electrons. The van der Waals surface area contributed by atoms with Crippen molar-refractivity contribution in [3.63, 3.8) is 0 Å². The highest BCUT2D eigenvalue weighted by atomic mass is 35.5. The predicted molar refractivity (Wildman–Crippen MR) is 96.7 cm³/mol. The van der Waals surface area contributed by atoms with Crippen LogP contribution in [-0.2, 0) is 11.0 Å². The van der Waals surface area contributed by atoms with Crippen LogP contribution in [0.5, 0.6) is 5.88 Å². The molecule has 2 heterocycles. The number of nitrogens with zero attached hydrogens (tertiary/aromatic N) is 3. The van der Waals surface area contributed by atoms with Crippen LogP contribution >= 0.6 is 11.6 Å². The van der Waals surface area contributed by atoms with Gasteiger partial charge in [-0.05, 0) is 31.4 Å². The number of ether oxygens (including phenoxy) is 1. The molecule has 0 unspecified atom stereocenters. The van der Waals surface area contributed by atoms with E-state index in [4.69, 9.17) is 16.3 Å². The predicted octanol–water partition coefficient (Wildman–Crippen LogP) is 3.93. The van der Waals surface area contributed by atoms with Crippen LogP contribution in [0.25, 0.3) is 0 Å². The summed E-state index contributed by atoms with van der Waals surface area (Å²) >= 11 is 5.75. The zero-order chi connectivity index (χ0) is 21.0. The third-order valence-corrected chi connectivity index (χ3v) is 4.32. The van der Waals surface area contributed by atoms with Crippen molar-refractivity contribution >= 4 is 29.2 Å². The summed E-state index contributed by atoms with van der Waals surface area (Å²) in [5.41, 5.74) is -0.824. The van der Waals surface area contributed by atoms with E-state index in [2.05, 4.69) is 20.3 Å². The van der Waals surface area contributed by atoms with Gasteiger partial charge in [-0.2, -0.15) is 13.2 Å². The lowest BCUT2D eigenvalue weighted by Gasteiger charge is -2.10. The Kier molecular flexibility index (Phi) is 6.31. The van der Waals surface area contributed by atoms with Gasteiger partial charge in [0.05, 0.1) is 12.2 Å². The maximum Gasteiger partial charge on any atom is 0.417 e. The minimum Gasteiger partial charge on any atom is -0.477 e. The Labute approximate surface area is 168 Å². The van der Waals surface area contributed by atoms with E-state index >= 15 is 0 Å². The van der Waals surface area contributed by atoms with E-state index in [1.807, 2.05) is 0 Å². The topological polar surface area (TPSA) is 94.1 Å². The van der Waals surface area contributed by atoms with Crippen LogP contribution < -0.4 is 10.1 Å². The molecule has 2 aromatic rings. The molecule has 0 aromatic carbocycles. The van der Waals surface area contributed by atoms with Crippen molar-refractivity contribution in [2.45, 2.75) is 31.9 Å². The number of alkyl halides is 3. The second-order valence-corrected chi connectivity index (χ2v) is 6.82. The van der Waals surface area contributed by atoms with Gasteiger partial charge in [0.2, 0.25) is 17.7 Å². The van der Waals surface area contributed by atoms with E-state index < -0.39 is 11.7 Å². The van der Waals surface area contributed by atoms with Crippen LogP contribution in [0.3, 0.4) is 0 Å². The summed E-state index contributed by atoms with van der Waals surface area (Å²) in [6, 6.07) is 2.16. The maximum atomic E-state index is 12.6. The fraction of sp³-hybridized carbons (Fsp3) is 0.389. The van der Waals surface area contributed by atoms with Crippen molar-refractivity contribution < 1.29 is 27.5 Å². The molecule has 0 bridgehead atoms. The monoisotopic (exact) mass is 428 g/mol. The molecule has 0 atom stereocenters. The minimum atomic E-state index is -4.55. The molecule has 0 spiro atoms. The van der Waals surface area contributed by atoms with Crippen molar-refractivity contribution in [3.8, 4) is 5.88 Å². The van der Waals surface area contributed by atoms with Gasteiger partial charge in [-0.25, -0.2) is 15.0 Å². The fourth-order valence-electron chi connectivity index (χ4n) is 2.35. The number of rotatable bonds is 8. The number of ketones is 1. The number of carbonyl (C=O) groups is 2. The standard InChI is InChI=1S/C18H16ClF3N4O3/c19-12-8-11(18(20,21)22)9-24-16(12)29-7-1-2-14(27)13-5-6-23-17(25-13)26-15(28)10-3-4-10/h5-6,8-10H,1-4,7H2,(H,23,25,26,28). The molecule has 1 aliphatic carbocycles. The van der Waals surface area contributed by atoms with E-state index in [0.717, 1.165) is 18.9 Å². The highest BCUT2D eigenvalue weighted by Crippen LogP contribution is 2.33. The Morgan fingerprint density at radius 1 is 1.28 bits per heavy atom. The zero-order valence-corrected chi connectivity index (χ0v) is 15.8. The summed E-state index contributed by atoms with van der Waals surface area (Å²) in [7, 11) is 0. The van der Waals surface area contributed by atoms with Crippen molar-refractivity contribution in [3.05, 3.63) is 40.8 Å². The minimum absolute atomic E-state index is 0.0132. The van der Waals surface area contributed by atoms with Gasteiger partial charge < -0.3 is 4.74 Å².